The highest BCUT2D eigenvalue weighted by atomic mass is 35.5. The number of aliphatic imine (C=N–C) groups is 1. The second-order valence-electron chi connectivity index (χ2n) is 8.31. The minimum absolute atomic E-state index is 0.0823. The van der Waals surface area contributed by atoms with E-state index in [0.29, 0.717) is 10.6 Å². The number of sulfonamides is 1. The smallest absolute Gasteiger partial charge is 0.262 e. The van der Waals surface area contributed by atoms with Crippen molar-refractivity contribution in [2.24, 2.45) is 4.99 Å². The molecule has 9 heteroatoms. The summed E-state index contributed by atoms with van der Waals surface area (Å²) >= 11 is 12.2. The minimum atomic E-state index is -3.91. The lowest BCUT2D eigenvalue weighted by Crippen LogP contribution is -2.18. The van der Waals surface area contributed by atoms with Gasteiger partial charge in [-0.15, -0.1) is 0 Å². The van der Waals surface area contributed by atoms with Crippen LogP contribution in [0.1, 0.15) is 31.9 Å². The Hall–Kier alpha value is -2.74. The lowest BCUT2D eigenvalue weighted by molar-refractivity contribution is -0.212. The van der Waals surface area contributed by atoms with E-state index in [1.807, 2.05) is 20.8 Å². The third kappa shape index (κ3) is 5.99. The normalized spacial score (nSPS) is 12.5. The number of hydrogen-bond acceptors (Lipinski definition) is 5. The first-order valence-corrected chi connectivity index (χ1v) is 12.2. The van der Waals surface area contributed by atoms with Gasteiger partial charge in [-0.3, -0.25) is 9.71 Å². The van der Waals surface area contributed by atoms with E-state index in [2.05, 4.69) is 9.71 Å². The van der Waals surface area contributed by atoms with Crippen molar-refractivity contribution in [3.8, 4) is 5.75 Å². The molecule has 0 atom stereocenters. The Morgan fingerprint density at radius 2 is 1.61 bits per heavy atom. The molecule has 0 unspecified atom stereocenters. The Balaban J connectivity index is 1.92. The molecular weight excluding hydrogens is 483 g/mol. The van der Waals surface area contributed by atoms with Crippen molar-refractivity contribution in [2.75, 3.05) is 11.8 Å². The molecule has 1 N–H and O–H groups in total. The predicted molar refractivity (Wildman–Crippen MR) is 132 cm³/mol. The number of rotatable bonds is 6. The standard InChI is InChI=1S/C24H24Cl2N2O4S/c1-24(2,3)16-7-11-18(12-8-16)33(30,31)28-21-13-19(26)20(14-22(21)32-4)27-23(29)15-5-9-17(25)10-6-15/h5-14,28H,1-4H3,(H,27,29)/p-1. The summed E-state index contributed by atoms with van der Waals surface area (Å²) in [4.78, 5) is 4.12. The molecule has 3 aromatic carbocycles. The zero-order valence-corrected chi connectivity index (χ0v) is 20.8. The van der Waals surface area contributed by atoms with Crippen LogP contribution in [-0.2, 0) is 15.4 Å². The van der Waals surface area contributed by atoms with Crippen molar-refractivity contribution < 1.29 is 18.3 Å². The van der Waals surface area contributed by atoms with Crippen LogP contribution in [0.4, 0.5) is 11.4 Å². The average Bonchev–Trinajstić information content (AvgIpc) is 2.75. The van der Waals surface area contributed by atoms with Gasteiger partial charge in [0.25, 0.3) is 10.0 Å². The van der Waals surface area contributed by atoms with E-state index >= 15 is 0 Å². The van der Waals surface area contributed by atoms with Crippen LogP contribution in [-0.4, -0.2) is 21.4 Å². The number of halogens is 2. The van der Waals surface area contributed by atoms with Crippen LogP contribution in [0.15, 0.2) is 70.6 Å². The summed E-state index contributed by atoms with van der Waals surface area (Å²) in [6.45, 7) is 6.14. The first-order valence-electron chi connectivity index (χ1n) is 9.93. The molecule has 0 fully saturated rings. The molecule has 0 aliphatic heterocycles. The van der Waals surface area contributed by atoms with E-state index in [1.54, 1.807) is 48.5 Å². The topological polar surface area (TPSA) is 90.8 Å². The average molecular weight is 506 g/mol. The second kappa shape index (κ2) is 9.63. The minimum Gasteiger partial charge on any atom is -0.858 e. The highest BCUT2D eigenvalue weighted by Crippen LogP contribution is 2.37. The zero-order chi connectivity index (χ0) is 24.4. The molecule has 3 aromatic rings. The highest BCUT2D eigenvalue weighted by Gasteiger charge is 2.20. The van der Waals surface area contributed by atoms with E-state index < -0.39 is 15.9 Å². The molecule has 0 saturated heterocycles. The van der Waals surface area contributed by atoms with E-state index in [-0.39, 0.29) is 32.5 Å². The van der Waals surface area contributed by atoms with Gasteiger partial charge in [-0.2, -0.15) is 0 Å². The lowest BCUT2D eigenvalue weighted by Gasteiger charge is -2.19. The molecule has 0 aliphatic rings. The number of hydrogen-bond donors (Lipinski definition) is 1. The first-order chi connectivity index (χ1) is 15.4. The van der Waals surface area contributed by atoms with Gasteiger partial charge in [0.1, 0.15) is 5.75 Å². The quantitative estimate of drug-likeness (QED) is 0.351. The summed E-state index contributed by atoms with van der Waals surface area (Å²) in [6.07, 6.45) is 0. The van der Waals surface area contributed by atoms with Crippen LogP contribution >= 0.6 is 23.2 Å². The maximum atomic E-state index is 12.9. The number of methoxy groups -OCH3 is 1. The van der Waals surface area contributed by atoms with Crippen molar-refractivity contribution in [1.82, 2.24) is 0 Å². The van der Waals surface area contributed by atoms with Crippen molar-refractivity contribution in [3.05, 3.63) is 81.8 Å². The third-order valence-electron chi connectivity index (χ3n) is 4.86. The molecule has 3 rings (SSSR count). The van der Waals surface area contributed by atoms with Crippen LogP contribution in [0.3, 0.4) is 0 Å². The molecule has 0 aliphatic carbocycles. The molecule has 0 heterocycles. The fraction of sp³-hybridized carbons (Fsp3) is 0.208. The molecular formula is C24H23Cl2N2O4S-. The Morgan fingerprint density at radius 1 is 1.00 bits per heavy atom. The molecule has 0 aromatic heterocycles. The van der Waals surface area contributed by atoms with E-state index in [1.165, 1.54) is 19.2 Å². The van der Waals surface area contributed by atoms with E-state index in [0.717, 1.165) is 5.56 Å². The first kappa shape index (κ1) is 24.9. The fourth-order valence-electron chi connectivity index (χ4n) is 2.98. The fourth-order valence-corrected chi connectivity index (χ4v) is 4.37. The Bertz CT molecular complexity index is 1280. The van der Waals surface area contributed by atoms with Gasteiger partial charge >= 0.3 is 0 Å². The van der Waals surface area contributed by atoms with Gasteiger partial charge in [-0.05, 0) is 52.8 Å². The lowest BCUT2D eigenvalue weighted by atomic mass is 9.87. The van der Waals surface area contributed by atoms with Crippen molar-refractivity contribution in [2.45, 2.75) is 31.1 Å². The molecule has 0 amide bonds. The van der Waals surface area contributed by atoms with Crippen molar-refractivity contribution in [3.63, 3.8) is 0 Å². The van der Waals surface area contributed by atoms with E-state index in [9.17, 15) is 13.5 Å². The summed E-state index contributed by atoms with van der Waals surface area (Å²) < 4.78 is 33.6. The van der Waals surface area contributed by atoms with E-state index in [4.69, 9.17) is 27.9 Å². The monoisotopic (exact) mass is 505 g/mol. The molecule has 6 nitrogen and oxygen atoms in total. The summed E-state index contributed by atoms with van der Waals surface area (Å²) in [7, 11) is -2.53. The summed E-state index contributed by atoms with van der Waals surface area (Å²) in [5.74, 6) is -0.361. The Morgan fingerprint density at radius 3 is 2.15 bits per heavy atom. The number of benzene rings is 3. The van der Waals surface area contributed by atoms with Gasteiger partial charge in [0.05, 0.1) is 28.4 Å². The number of nitrogens with zero attached hydrogens (tertiary/aromatic N) is 1. The molecule has 33 heavy (non-hydrogen) atoms. The molecule has 0 radical (unpaired) electrons. The van der Waals surface area contributed by atoms with Crippen molar-refractivity contribution in [1.29, 1.82) is 0 Å². The van der Waals surface area contributed by atoms with Gasteiger partial charge in [-0.25, -0.2) is 8.42 Å². The SMILES string of the molecule is COc1cc(N=C([O-])c2ccc(Cl)cc2)c(Cl)cc1NS(=O)(=O)c1ccc(C(C)(C)C)cc1. The number of nitrogens with one attached hydrogen (secondary N) is 1. The molecule has 0 bridgehead atoms. The Kier molecular flexibility index (Phi) is 7.26. The maximum absolute atomic E-state index is 12.9. The van der Waals surface area contributed by atoms with Crippen LogP contribution in [0, 0.1) is 0 Å². The zero-order valence-electron chi connectivity index (χ0n) is 18.5. The third-order valence-corrected chi connectivity index (χ3v) is 6.79. The summed E-state index contributed by atoms with van der Waals surface area (Å²) in [5, 5.41) is 13.0. The Labute approximate surface area is 203 Å². The second-order valence-corrected chi connectivity index (χ2v) is 10.8. The highest BCUT2D eigenvalue weighted by molar-refractivity contribution is 7.92. The largest absolute Gasteiger partial charge is 0.858 e. The summed E-state index contributed by atoms with van der Waals surface area (Å²) in [5.41, 5.74) is 1.51. The van der Waals surface area contributed by atoms with Crippen LogP contribution in [0.25, 0.3) is 0 Å². The van der Waals surface area contributed by atoms with Crippen molar-refractivity contribution >= 4 is 50.5 Å². The van der Waals surface area contributed by atoms with Crippen LogP contribution in [0.2, 0.25) is 10.0 Å². The molecule has 174 valence electrons. The van der Waals surface area contributed by atoms with Gasteiger partial charge < -0.3 is 9.84 Å². The molecule has 0 saturated carbocycles. The van der Waals surface area contributed by atoms with Crippen LogP contribution < -0.4 is 14.6 Å². The number of anilines is 1. The van der Waals surface area contributed by atoms with Gasteiger partial charge in [0.2, 0.25) is 0 Å². The van der Waals surface area contributed by atoms with Gasteiger partial charge in [0, 0.05) is 11.1 Å². The van der Waals surface area contributed by atoms with Crippen LogP contribution in [0.5, 0.6) is 5.75 Å². The maximum Gasteiger partial charge on any atom is 0.262 e. The molecule has 0 spiro atoms. The number of ether oxygens (including phenoxy) is 1. The van der Waals surface area contributed by atoms with Gasteiger partial charge in [-0.1, -0.05) is 68.2 Å². The predicted octanol–water partition coefficient (Wildman–Crippen LogP) is 5.54. The summed E-state index contributed by atoms with van der Waals surface area (Å²) in [6, 6.07) is 15.7. The van der Waals surface area contributed by atoms with Gasteiger partial charge in [0.15, 0.2) is 0 Å².